The fourth-order valence-corrected chi connectivity index (χ4v) is 2.15. The maximum absolute atomic E-state index is 5.68. The van der Waals surface area contributed by atoms with Gasteiger partial charge in [-0.25, -0.2) is 0 Å². The topological polar surface area (TPSA) is 43.8 Å². The molecule has 0 aliphatic carbocycles. The molecule has 16 heavy (non-hydrogen) atoms. The van der Waals surface area contributed by atoms with Crippen LogP contribution in [0, 0.1) is 0 Å². The van der Waals surface area contributed by atoms with Gasteiger partial charge in [0.25, 0.3) is 0 Å². The van der Waals surface area contributed by atoms with Crippen LogP contribution in [0.1, 0.15) is 19.9 Å². The summed E-state index contributed by atoms with van der Waals surface area (Å²) in [6.45, 7) is 4.22. The summed E-state index contributed by atoms with van der Waals surface area (Å²) in [5.74, 6) is 0. The quantitative estimate of drug-likeness (QED) is 0.856. The second kappa shape index (κ2) is 4.29. The van der Waals surface area contributed by atoms with Gasteiger partial charge in [0, 0.05) is 17.3 Å². The zero-order chi connectivity index (χ0) is 11.7. The van der Waals surface area contributed by atoms with Gasteiger partial charge in [0.2, 0.25) is 0 Å². The van der Waals surface area contributed by atoms with Gasteiger partial charge in [0.15, 0.2) is 0 Å². The van der Waals surface area contributed by atoms with E-state index in [4.69, 9.17) is 5.73 Å². The van der Waals surface area contributed by atoms with Crippen LogP contribution in [-0.4, -0.2) is 9.78 Å². The summed E-state index contributed by atoms with van der Waals surface area (Å²) >= 11 is 3.53. The number of nitrogens with two attached hydrogens (primary N) is 1. The third kappa shape index (κ3) is 1.97. The first-order valence-electron chi connectivity index (χ1n) is 5.18. The molecule has 3 nitrogen and oxygen atoms in total. The molecule has 2 rings (SSSR count). The van der Waals surface area contributed by atoms with Crippen LogP contribution in [0.25, 0.3) is 11.3 Å². The van der Waals surface area contributed by atoms with E-state index >= 15 is 0 Å². The van der Waals surface area contributed by atoms with Gasteiger partial charge in [0.1, 0.15) is 0 Å². The Kier molecular flexibility index (Phi) is 3.01. The molecule has 4 heteroatoms. The summed E-state index contributed by atoms with van der Waals surface area (Å²) in [5, 5.41) is 4.35. The third-order valence-electron chi connectivity index (χ3n) is 2.42. The van der Waals surface area contributed by atoms with E-state index in [2.05, 4.69) is 34.9 Å². The van der Waals surface area contributed by atoms with Crippen LogP contribution in [0.3, 0.4) is 0 Å². The van der Waals surface area contributed by atoms with Crippen molar-refractivity contribution in [2.24, 2.45) is 0 Å². The Bertz CT molecular complexity index is 485. The lowest BCUT2D eigenvalue weighted by atomic mass is 10.1. The molecule has 0 atom stereocenters. The normalized spacial score (nSPS) is 11.0. The first-order chi connectivity index (χ1) is 7.59. The first kappa shape index (κ1) is 11.2. The second-order valence-corrected chi connectivity index (χ2v) is 4.86. The fourth-order valence-electron chi connectivity index (χ4n) is 1.64. The monoisotopic (exact) mass is 279 g/mol. The molecule has 0 aliphatic rings. The summed E-state index contributed by atoms with van der Waals surface area (Å²) in [6.07, 6.45) is 1.83. The van der Waals surface area contributed by atoms with Crippen molar-refractivity contribution >= 4 is 21.6 Å². The smallest absolute Gasteiger partial charge is 0.0827 e. The Morgan fingerprint density at radius 1 is 1.25 bits per heavy atom. The van der Waals surface area contributed by atoms with Gasteiger partial charge in [0.05, 0.1) is 16.4 Å². The Morgan fingerprint density at radius 2 is 1.88 bits per heavy atom. The zero-order valence-electron chi connectivity index (χ0n) is 9.31. The maximum atomic E-state index is 5.68. The van der Waals surface area contributed by atoms with Crippen LogP contribution in [0.15, 0.2) is 34.9 Å². The van der Waals surface area contributed by atoms with Crippen LogP contribution >= 0.6 is 15.9 Å². The minimum Gasteiger partial charge on any atom is -0.399 e. The van der Waals surface area contributed by atoms with E-state index in [9.17, 15) is 0 Å². The summed E-state index contributed by atoms with van der Waals surface area (Å²) in [5.41, 5.74) is 8.67. The average molecular weight is 280 g/mol. The van der Waals surface area contributed by atoms with E-state index in [1.807, 2.05) is 35.1 Å². The van der Waals surface area contributed by atoms with Crippen LogP contribution in [-0.2, 0) is 0 Å². The predicted molar refractivity (Wildman–Crippen MR) is 70.2 cm³/mol. The van der Waals surface area contributed by atoms with Crippen molar-refractivity contribution in [1.82, 2.24) is 9.78 Å². The molecule has 1 aromatic carbocycles. The molecule has 0 unspecified atom stereocenters. The van der Waals surface area contributed by atoms with Gasteiger partial charge in [-0.2, -0.15) is 5.10 Å². The standard InChI is InChI=1S/C12H14BrN3/c1-8(2)16-12(11(13)7-15-16)9-3-5-10(14)6-4-9/h3-8H,14H2,1-2H3. The number of hydrogen-bond donors (Lipinski definition) is 1. The van der Waals surface area contributed by atoms with Gasteiger partial charge in [-0.1, -0.05) is 12.1 Å². The highest BCUT2D eigenvalue weighted by Crippen LogP contribution is 2.30. The summed E-state index contributed by atoms with van der Waals surface area (Å²) < 4.78 is 3.00. The van der Waals surface area contributed by atoms with Crippen molar-refractivity contribution in [2.75, 3.05) is 5.73 Å². The van der Waals surface area contributed by atoms with Crippen molar-refractivity contribution < 1.29 is 0 Å². The molecule has 1 heterocycles. The molecule has 2 N–H and O–H groups in total. The van der Waals surface area contributed by atoms with Gasteiger partial charge < -0.3 is 5.73 Å². The third-order valence-corrected chi connectivity index (χ3v) is 3.00. The molecule has 84 valence electrons. The van der Waals surface area contributed by atoms with E-state index in [1.54, 1.807) is 0 Å². The lowest BCUT2D eigenvalue weighted by Gasteiger charge is -2.11. The van der Waals surface area contributed by atoms with E-state index < -0.39 is 0 Å². The largest absolute Gasteiger partial charge is 0.399 e. The van der Waals surface area contributed by atoms with Gasteiger partial charge >= 0.3 is 0 Å². The fraction of sp³-hybridized carbons (Fsp3) is 0.250. The molecule has 2 aromatic rings. The van der Waals surface area contributed by atoms with Crippen LogP contribution in [0.4, 0.5) is 5.69 Å². The van der Waals surface area contributed by atoms with E-state index in [0.29, 0.717) is 6.04 Å². The number of rotatable bonds is 2. The van der Waals surface area contributed by atoms with Crippen molar-refractivity contribution in [1.29, 1.82) is 0 Å². The molecule has 0 fully saturated rings. The molecule has 0 spiro atoms. The van der Waals surface area contributed by atoms with Gasteiger partial charge in [-0.05, 0) is 41.9 Å². The number of nitrogen functional groups attached to an aromatic ring is 1. The number of halogens is 1. The van der Waals surface area contributed by atoms with Crippen molar-refractivity contribution in [3.63, 3.8) is 0 Å². The summed E-state index contributed by atoms with van der Waals surface area (Å²) in [6, 6.07) is 8.16. The Morgan fingerprint density at radius 3 is 2.44 bits per heavy atom. The molecule has 1 aromatic heterocycles. The molecule has 0 aliphatic heterocycles. The number of anilines is 1. The SMILES string of the molecule is CC(C)n1ncc(Br)c1-c1ccc(N)cc1. The highest BCUT2D eigenvalue weighted by molar-refractivity contribution is 9.10. The lowest BCUT2D eigenvalue weighted by molar-refractivity contribution is 0.538. The molecule has 0 saturated heterocycles. The van der Waals surface area contributed by atoms with Gasteiger partial charge in [-0.15, -0.1) is 0 Å². The Labute approximate surface area is 103 Å². The zero-order valence-corrected chi connectivity index (χ0v) is 10.9. The number of aromatic nitrogens is 2. The number of nitrogens with zero attached hydrogens (tertiary/aromatic N) is 2. The van der Waals surface area contributed by atoms with Crippen LogP contribution in [0.5, 0.6) is 0 Å². The minimum absolute atomic E-state index is 0.332. The van der Waals surface area contributed by atoms with Crippen LogP contribution in [0.2, 0.25) is 0 Å². The number of benzene rings is 1. The molecule has 0 bridgehead atoms. The average Bonchev–Trinajstić information content (AvgIpc) is 2.62. The van der Waals surface area contributed by atoms with E-state index in [0.717, 1.165) is 21.4 Å². The highest BCUT2D eigenvalue weighted by Gasteiger charge is 2.12. The summed E-state index contributed by atoms with van der Waals surface area (Å²) in [7, 11) is 0. The summed E-state index contributed by atoms with van der Waals surface area (Å²) in [4.78, 5) is 0. The highest BCUT2D eigenvalue weighted by atomic mass is 79.9. The molecule has 0 radical (unpaired) electrons. The first-order valence-corrected chi connectivity index (χ1v) is 5.98. The van der Waals surface area contributed by atoms with Crippen molar-refractivity contribution in [2.45, 2.75) is 19.9 Å². The number of hydrogen-bond acceptors (Lipinski definition) is 2. The van der Waals surface area contributed by atoms with Crippen molar-refractivity contribution in [3.05, 3.63) is 34.9 Å². The van der Waals surface area contributed by atoms with Gasteiger partial charge in [-0.3, -0.25) is 4.68 Å². The maximum Gasteiger partial charge on any atom is 0.0827 e. The predicted octanol–water partition coefficient (Wildman–Crippen LogP) is 3.48. The van der Waals surface area contributed by atoms with Crippen LogP contribution < -0.4 is 5.73 Å². The minimum atomic E-state index is 0.332. The molecule has 0 saturated carbocycles. The Hall–Kier alpha value is -1.29. The molecular weight excluding hydrogens is 266 g/mol. The van der Waals surface area contributed by atoms with E-state index in [1.165, 1.54) is 0 Å². The van der Waals surface area contributed by atoms with Crippen molar-refractivity contribution in [3.8, 4) is 11.3 Å². The molecule has 0 amide bonds. The lowest BCUT2D eigenvalue weighted by Crippen LogP contribution is -2.04. The molecular formula is C12H14BrN3. The Balaban J connectivity index is 2.54. The van der Waals surface area contributed by atoms with E-state index in [-0.39, 0.29) is 0 Å². The second-order valence-electron chi connectivity index (χ2n) is 4.00.